The van der Waals surface area contributed by atoms with Crippen LogP contribution in [0.5, 0.6) is 0 Å². The monoisotopic (exact) mass is 253 g/mol. The Morgan fingerprint density at radius 1 is 1.41 bits per heavy atom. The van der Waals surface area contributed by atoms with Gasteiger partial charge in [-0.05, 0) is 12.0 Å². The van der Waals surface area contributed by atoms with Gasteiger partial charge in [-0.25, -0.2) is 0 Å². The van der Waals surface area contributed by atoms with Crippen LogP contribution in [0.3, 0.4) is 0 Å². The summed E-state index contributed by atoms with van der Waals surface area (Å²) in [6, 6.07) is 10.3. The minimum absolute atomic E-state index is 0.00876. The van der Waals surface area contributed by atoms with E-state index in [9.17, 15) is 4.79 Å². The molecule has 4 heteroatoms. The van der Waals surface area contributed by atoms with Gasteiger partial charge >= 0.3 is 0 Å². The van der Waals surface area contributed by atoms with Crippen LogP contribution in [0.15, 0.2) is 30.3 Å². The maximum absolute atomic E-state index is 11.0. The van der Waals surface area contributed by atoms with Gasteiger partial charge in [0, 0.05) is 12.5 Å². The summed E-state index contributed by atoms with van der Waals surface area (Å²) in [5.41, 5.74) is 1.30. The smallest absolute Gasteiger partial charge is 0.235 e. The van der Waals surface area contributed by atoms with E-state index < -0.39 is 0 Å². The van der Waals surface area contributed by atoms with E-state index in [0.717, 1.165) is 13.0 Å². The van der Waals surface area contributed by atoms with E-state index >= 15 is 0 Å². The van der Waals surface area contributed by atoms with Gasteiger partial charge in [0.25, 0.3) is 0 Å². The molecule has 0 aliphatic carbocycles. The van der Waals surface area contributed by atoms with Crippen molar-refractivity contribution in [3.05, 3.63) is 35.9 Å². The Morgan fingerprint density at radius 2 is 2.18 bits per heavy atom. The fourth-order valence-corrected chi connectivity index (χ4v) is 2.17. The van der Waals surface area contributed by atoms with Crippen LogP contribution < -0.4 is 5.32 Å². The van der Waals surface area contributed by atoms with E-state index in [-0.39, 0.29) is 17.9 Å². The predicted octanol–water partition coefficient (Wildman–Crippen LogP) is 1.91. The number of nitrogens with one attached hydrogen (secondary N) is 1. The first kappa shape index (κ1) is 12.4. The zero-order valence-corrected chi connectivity index (χ0v) is 10.3. The summed E-state index contributed by atoms with van der Waals surface area (Å²) in [5, 5.41) is 2.75. The SMILES string of the molecule is O=C(CCl)NC[C@@H]1C[C@H](c2ccccc2)CO1. The van der Waals surface area contributed by atoms with E-state index in [1.54, 1.807) is 0 Å². The molecule has 1 saturated heterocycles. The first-order valence-electron chi connectivity index (χ1n) is 5.79. The van der Waals surface area contributed by atoms with E-state index in [2.05, 4.69) is 17.4 Å². The van der Waals surface area contributed by atoms with Gasteiger partial charge in [0.1, 0.15) is 5.88 Å². The maximum atomic E-state index is 11.0. The van der Waals surface area contributed by atoms with Gasteiger partial charge in [-0.1, -0.05) is 30.3 Å². The number of carbonyl (C=O) groups is 1. The zero-order chi connectivity index (χ0) is 12.1. The van der Waals surface area contributed by atoms with Crippen molar-refractivity contribution in [2.24, 2.45) is 0 Å². The number of ether oxygens (including phenoxy) is 1. The summed E-state index contributed by atoms with van der Waals surface area (Å²) in [7, 11) is 0. The molecule has 1 heterocycles. The second kappa shape index (κ2) is 6.03. The lowest BCUT2D eigenvalue weighted by Gasteiger charge is -2.10. The molecule has 2 atom stereocenters. The topological polar surface area (TPSA) is 38.3 Å². The first-order chi connectivity index (χ1) is 8.29. The average molecular weight is 254 g/mol. The highest BCUT2D eigenvalue weighted by Gasteiger charge is 2.26. The number of halogens is 1. The van der Waals surface area contributed by atoms with Crippen LogP contribution in [0, 0.1) is 0 Å². The first-order valence-corrected chi connectivity index (χ1v) is 6.32. The Morgan fingerprint density at radius 3 is 2.88 bits per heavy atom. The number of amides is 1. The van der Waals surface area contributed by atoms with Crippen LogP contribution >= 0.6 is 11.6 Å². The molecule has 1 N–H and O–H groups in total. The van der Waals surface area contributed by atoms with Gasteiger partial charge in [-0.15, -0.1) is 11.6 Å². The third kappa shape index (κ3) is 3.45. The lowest BCUT2D eigenvalue weighted by atomic mass is 9.96. The van der Waals surface area contributed by atoms with E-state index in [1.165, 1.54) is 5.56 Å². The third-order valence-electron chi connectivity index (χ3n) is 3.00. The fourth-order valence-electron chi connectivity index (χ4n) is 2.08. The van der Waals surface area contributed by atoms with Crippen molar-refractivity contribution in [3.8, 4) is 0 Å². The molecule has 92 valence electrons. The molecule has 1 fully saturated rings. The Bertz CT molecular complexity index is 369. The number of hydrogen-bond donors (Lipinski definition) is 1. The molecular formula is C13H16ClNO2. The van der Waals surface area contributed by atoms with Crippen molar-refractivity contribution in [2.45, 2.75) is 18.4 Å². The summed E-state index contributed by atoms with van der Waals surface area (Å²) in [6.07, 6.45) is 1.06. The highest BCUT2D eigenvalue weighted by Crippen LogP contribution is 2.28. The lowest BCUT2D eigenvalue weighted by Crippen LogP contribution is -2.32. The summed E-state index contributed by atoms with van der Waals surface area (Å²) in [6.45, 7) is 1.28. The lowest BCUT2D eigenvalue weighted by molar-refractivity contribution is -0.119. The molecule has 1 aromatic rings. The van der Waals surface area contributed by atoms with Crippen molar-refractivity contribution in [3.63, 3.8) is 0 Å². The Hall–Kier alpha value is -1.06. The number of benzene rings is 1. The highest BCUT2D eigenvalue weighted by atomic mass is 35.5. The van der Waals surface area contributed by atoms with Crippen molar-refractivity contribution < 1.29 is 9.53 Å². The van der Waals surface area contributed by atoms with E-state index in [4.69, 9.17) is 16.3 Å². The minimum atomic E-state index is -0.140. The second-order valence-electron chi connectivity index (χ2n) is 4.24. The largest absolute Gasteiger partial charge is 0.376 e. The van der Waals surface area contributed by atoms with Crippen LogP contribution in [-0.2, 0) is 9.53 Å². The van der Waals surface area contributed by atoms with Crippen molar-refractivity contribution in [2.75, 3.05) is 19.0 Å². The molecule has 3 nitrogen and oxygen atoms in total. The van der Waals surface area contributed by atoms with E-state index in [0.29, 0.717) is 12.5 Å². The van der Waals surface area contributed by atoms with E-state index in [1.807, 2.05) is 18.2 Å². The minimum Gasteiger partial charge on any atom is -0.376 e. The van der Waals surface area contributed by atoms with Crippen LogP contribution in [0.4, 0.5) is 0 Å². The standard InChI is InChI=1S/C13H16ClNO2/c14-7-13(16)15-8-12-6-11(9-17-12)10-4-2-1-3-5-10/h1-5,11-12H,6-9H2,(H,15,16)/t11-,12-/m0/s1. The zero-order valence-electron chi connectivity index (χ0n) is 9.56. The molecular weight excluding hydrogens is 238 g/mol. The summed E-state index contributed by atoms with van der Waals surface area (Å²) in [4.78, 5) is 11.0. The highest BCUT2D eigenvalue weighted by molar-refractivity contribution is 6.27. The molecule has 0 saturated carbocycles. The molecule has 0 spiro atoms. The average Bonchev–Trinajstić information content (AvgIpc) is 2.86. The molecule has 1 amide bonds. The molecule has 0 radical (unpaired) electrons. The number of carbonyl (C=O) groups excluding carboxylic acids is 1. The van der Waals surface area contributed by atoms with Crippen molar-refractivity contribution in [1.82, 2.24) is 5.32 Å². The molecule has 0 unspecified atom stereocenters. The summed E-state index contributed by atoms with van der Waals surface area (Å²) >= 11 is 5.41. The number of hydrogen-bond acceptors (Lipinski definition) is 2. The maximum Gasteiger partial charge on any atom is 0.235 e. The van der Waals surface area contributed by atoms with Crippen LogP contribution in [-0.4, -0.2) is 31.0 Å². The molecule has 1 aliphatic rings. The van der Waals surface area contributed by atoms with Crippen molar-refractivity contribution in [1.29, 1.82) is 0 Å². The third-order valence-corrected chi connectivity index (χ3v) is 3.24. The quantitative estimate of drug-likeness (QED) is 0.833. The Kier molecular flexibility index (Phi) is 4.40. The molecule has 1 aromatic carbocycles. The van der Waals surface area contributed by atoms with Gasteiger partial charge in [-0.2, -0.15) is 0 Å². The number of rotatable bonds is 4. The predicted molar refractivity (Wildman–Crippen MR) is 67.3 cm³/mol. The summed E-state index contributed by atoms with van der Waals surface area (Å²) in [5.74, 6) is 0.307. The van der Waals surface area contributed by atoms with Gasteiger partial charge in [0.05, 0.1) is 12.7 Å². The van der Waals surface area contributed by atoms with Crippen LogP contribution in [0.25, 0.3) is 0 Å². The second-order valence-corrected chi connectivity index (χ2v) is 4.50. The molecule has 1 aliphatic heterocycles. The Balaban J connectivity index is 1.82. The molecule has 0 aromatic heterocycles. The molecule has 2 rings (SSSR count). The molecule has 0 bridgehead atoms. The van der Waals surface area contributed by atoms with Gasteiger partial charge in [0.2, 0.25) is 5.91 Å². The van der Waals surface area contributed by atoms with Gasteiger partial charge in [0.15, 0.2) is 0 Å². The van der Waals surface area contributed by atoms with Gasteiger partial charge in [-0.3, -0.25) is 4.79 Å². The van der Waals surface area contributed by atoms with Crippen LogP contribution in [0.1, 0.15) is 17.9 Å². The normalized spacial score (nSPS) is 23.6. The Labute approximate surface area is 106 Å². The fraction of sp³-hybridized carbons (Fsp3) is 0.462. The van der Waals surface area contributed by atoms with Gasteiger partial charge < -0.3 is 10.1 Å². The van der Waals surface area contributed by atoms with Crippen molar-refractivity contribution >= 4 is 17.5 Å². The summed E-state index contributed by atoms with van der Waals surface area (Å²) < 4.78 is 5.66. The van der Waals surface area contributed by atoms with Crippen LogP contribution in [0.2, 0.25) is 0 Å². The number of alkyl halides is 1. The molecule has 17 heavy (non-hydrogen) atoms.